The van der Waals surface area contributed by atoms with Crippen molar-refractivity contribution in [3.63, 3.8) is 0 Å². The molecule has 0 aliphatic carbocycles. The zero-order valence-corrected chi connectivity index (χ0v) is 13.4. The molecule has 0 unspecified atom stereocenters. The molecule has 7 nitrogen and oxygen atoms in total. The van der Waals surface area contributed by atoms with E-state index in [1.807, 2.05) is 0 Å². The van der Waals surface area contributed by atoms with Crippen molar-refractivity contribution in [1.82, 2.24) is 10.2 Å². The monoisotopic (exact) mass is 327 g/mol. The smallest absolute Gasteiger partial charge is 0.282 e. The van der Waals surface area contributed by atoms with E-state index in [0.29, 0.717) is 0 Å². The lowest BCUT2D eigenvalue weighted by molar-refractivity contribution is -0.385. The number of hydrogen-bond acceptors (Lipinski definition) is 4. The molecule has 120 valence electrons. The van der Waals surface area contributed by atoms with Crippen molar-refractivity contribution in [3.8, 4) is 0 Å². The van der Waals surface area contributed by atoms with Crippen LogP contribution in [0.4, 0.5) is 5.69 Å². The topological polar surface area (TPSA) is 92.6 Å². The van der Waals surface area contributed by atoms with Crippen molar-refractivity contribution in [2.45, 2.75) is 26.8 Å². The highest BCUT2D eigenvalue weighted by Gasteiger charge is 2.25. The summed E-state index contributed by atoms with van der Waals surface area (Å²) in [4.78, 5) is 35.9. The second kappa shape index (κ2) is 7.74. The normalized spacial score (nSPS) is 10.4. The van der Waals surface area contributed by atoms with Gasteiger partial charge < -0.3 is 10.2 Å². The number of amides is 2. The number of nitro groups is 1. The highest BCUT2D eigenvalue weighted by Crippen LogP contribution is 2.24. The number of nitro benzene ring substituents is 1. The van der Waals surface area contributed by atoms with Gasteiger partial charge in [0.15, 0.2) is 0 Å². The zero-order valence-electron chi connectivity index (χ0n) is 12.6. The lowest BCUT2D eigenvalue weighted by atomic mass is 10.1. The standard InChI is InChI=1S/C14H18ClN3O4/c1-4-17(8-13(19)16-9(2)3)14(20)11-7-10(15)5-6-12(11)18(21)22/h5-7,9H,4,8H2,1-3H3,(H,16,19). The van der Waals surface area contributed by atoms with E-state index in [1.54, 1.807) is 20.8 Å². The van der Waals surface area contributed by atoms with Crippen LogP contribution < -0.4 is 5.32 Å². The Balaban J connectivity index is 3.04. The van der Waals surface area contributed by atoms with Crippen LogP contribution in [0.5, 0.6) is 0 Å². The molecular formula is C14H18ClN3O4. The second-order valence-electron chi connectivity index (χ2n) is 4.96. The Morgan fingerprint density at radius 3 is 2.55 bits per heavy atom. The van der Waals surface area contributed by atoms with Crippen LogP contribution in [0.25, 0.3) is 0 Å². The number of nitrogens with one attached hydrogen (secondary N) is 1. The molecule has 0 spiro atoms. The average Bonchev–Trinajstić information content (AvgIpc) is 2.42. The Morgan fingerprint density at radius 2 is 2.05 bits per heavy atom. The van der Waals surface area contributed by atoms with Crippen molar-refractivity contribution in [2.24, 2.45) is 0 Å². The molecule has 22 heavy (non-hydrogen) atoms. The molecule has 0 aliphatic heterocycles. The molecule has 2 amide bonds. The van der Waals surface area contributed by atoms with Gasteiger partial charge in [0, 0.05) is 23.7 Å². The maximum Gasteiger partial charge on any atom is 0.282 e. The molecule has 0 aliphatic rings. The van der Waals surface area contributed by atoms with Gasteiger partial charge >= 0.3 is 0 Å². The third kappa shape index (κ3) is 4.70. The van der Waals surface area contributed by atoms with Crippen molar-refractivity contribution in [3.05, 3.63) is 38.9 Å². The van der Waals surface area contributed by atoms with E-state index >= 15 is 0 Å². The third-order valence-electron chi connectivity index (χ3n) is 2.84. The van der Waals surface area contributed by atoms with Gasteiger partial charge in [0.2, 0.25) is 5.91 Å². The van der Waals surface area contributed by atoms with Gasteiger partial charge in [-0.25, -0.2) is 0 Å². The molecule has 0 saturated carbocycles. The number of rotatable bonds is 6. The molecule has 1 N–H and O–H groups in total. The van der Waals surface area contributed by atoms with Crippen LogP contribution in [0.2, 0.25) is 5.02 Å². The molecule has 0 bridgehead atoms. The number of benzene rings is 1. The lowest BCUT2D eigenvalue weighted by Crippen LogP contribution is -2.42. The molecule has 8 heteroatoms. The fourth-order valence-corrected chi connectivity index (χ4v) is 2.05. The number of likely N-dealkylation sites (N-methyl/N-ethyl adjacent to an activating group) is 1. The van der Waals surface area contributed by atoms with Crippen LogP contribution >= 0.6 is 11.6 Å². The van der Waals surface area contributed by atoms with Crippen LogP contribution in [-0.2, 0) is 4.79 Å². The first-order valence-corrected chi connectivity index (χ1v) is 7.16. The molecule has 0 atom stereocenters. The number of carbonyl (C=O) groups is 2. The number of carbonyl (C=O) groups excluding carboxylic acids is 2. The lowest BCUT2D eigenvalue weighted by Gasteiger charge is -2.21. The number of nitrogens with zero attached hydrogens (tertiary/aromatic N) is 2. The average molecular weight is 328 g/mol. The summed E-state index contributed by atoms with van der Waals surface area (Å²) in [5.74, 6) is -0.925. The minimum absolute atomic E-state index is 0.0539. The van der Waals surface area contributed by atoms with Crippen LogP contribution in [0.15, 0.2) is 18.2 Å². The summed E-state index contributed by atoms with van der Waals surface area (Å²) in [6, 6.07) is 3.71. The van der Waals surface area contributed by atoms with Crippen LogP contribution in [0.3, 0.4) is 0 Å². The molecule has 1 aromatic rings. The SMILES string of the molecule is CCN(CC(=O)NC(C)C)C(=O)c1cc(Cl)ccc1[N+](=O)[O-]. The zero-order chi connectivity index (χ0) is 16.9. The summed E-state index contributed by atoms with van der Waals surface area (Å²) in [5, 5.41) is 13.9. The van der Waals surface area contributed by atoms with Gasteiger partial charge in [0.05, 0.1) is 11.5 Å². The van der Waals surface area contributed by atoms with Crippen LogP contribution in [0, 0.1) is 10.1 Å². The summed E-state index contributed by atoms with van der Waals surface area (Å²) in [5.41, 5.74) is -0.464. The maximum absolute atomic E-state index is 12.5. The van der Waals surface area contributed by atoms with Crippen molar-refractivity contribution in [1.29, 1.82) is 0 Å². The first-order valence-electron chi connectivity index (χ1n) is 6.78. The van der Waals surface area contributed by atoms with Gasteiger partial charge in [-0.1, -0.05) is 11.6 Å². The van der Waals surface area contributed by atoms with Gasteiger partial charge in [-0.3, -0.25) is 19.7 Å². The molecular weight excluding hydrogens is 310 g/mol. The first-order chi connectivity index (χ1) is 10.3. The predicted octanol–water partition coefficient (Wildman–Crippen LogP) is 2.23. The van der Waals surface area contributed by atoms with E-state index in [2.05, 4.69) is 5.32 Å². The molecule has 0 saturated heterocycles. The Hall–Kier alpha value is -2.15. The van der Waals surface area contributed by atoms with E-state index in [1.165, 1.54) is 23.1 Å². The van der Waals surface area contributed by atoms with Gasteiger partial charge in [-0.15, -0.1) is 0 Å². The number of hydrogen-bond donors (Lipinski definition) is 1. The van der Waals surface area contributed by atoms with E-state index in [0.717, 1.165) is 0 Å². The molecule has 0 heterocycles. The Morgan fingerprint density at radius 1 is 1.41 bits per heavy atom. The minimum atomic E-state index is -0.647. The summed E-state index contributed by atoms with van der Waals surface area (Å²) in [6.45, 7) is 5.37. The largest absolute Gasteiger partial charge is 0.352 e. The Kier molecular flexibility index (Phi) is 6.30. The third-order valence-corrected chi connectivity index (χ3v) is 3.07. The van der Waals surface area contributed by atoms with Gasteiger partial charge in [-0.05, 0) is 32.9 Å². The maximum atomic E-state index is 12.5. The summed E-state index contributed by atoms with van der Waals surface area (Å²) in [7, 11) is 0. The summed E-state index contributed by atoms with van der Waals surface area (Å²) >= 11 is 5.82. The van der Waals surface area contributed by atoms with Crippen LogP contribution in [0.1, 0.15) is 31.1 Å². The van der Waals surface area contributed by atoms with Gasteiger partial charge in [0.1, 0.15) is 5.56 Å². The molecule has 0 fully saturated rings. The van der Waals surface area contributed by atoms with E-state index in [9.17, 15) is 19.7 Å². The highest BCUT2D eigenvalue weighted by molar-refractivity contribution is 6.31. The van der Waals surface area contributed by atoms with Crippen molar-refractivity contribution in [2.75, 3.05) is 13.1 Å². The number of halogens is 1. The quantitative estimate of drug-likeness (QED) is 0.640. The summed E-state index contributed by atoms with van der Waals surface area (Å²) < 4.78 is 0. The minimum Gasteiger partial charge on any atom is -0.352 e. The molecule has 1 rings (SSSR count). The second-order valence-corrected chi connectivity index (χ2v) is 5.40. The first kappa shape index (κ1) is 17.9. The molecule has 0 aromatic heterocycles. The highest BCUT2D eigenvalue weighted by atomic mass is 35.5. The molecule has 0 radical (unpaired) electrons. The Bertz CT molecular complexity index is 589. The predicted molar refractivity (Wildman–Crippen MR) is 83.0 cm³/mol. The van der Waals surface area contributed by atoms with E-state index < -0.39 is 10.8 Å². The van der Waals surface area contributed by atoms with Gasteiger partial charge in [-0.2, -0.15) is 0 Å². The fourth-order valence-electron chi connectivity index (χ4n) is 1.88. The molecule has 1 aromatic carbocycles. The van der Waals surface area contributed by atoms with E-state index in [-0.39, 0.29) is 41.3 Å². The summed E-state index contributed by atoms with van der Waals surface area (Å²) in [6.07, 6.45) is 0. The fraction of sp³-hybridized carbons (Fsp3) is 0.429. The van der Waals surface area contributed by atoms with Gasteiger partial charge in [0.25, 0.3) is 11.6 Å². The van der Waals surface area contributed by atoms with Crippen molar-refractivity contribution >= 4 is 29.1 Å². The van der Waals surface area contributed by atoms with Crippen molar-refractivity contribution < 1.29 is 14.5 Å². The van der Waals surface area contributed by atoms with E-state index in [4.69, 9.17) is 11.6 Å². The Labute approximate surface area is 133 Å². The van der Waals surface area contributed by atoms with Crippen LogP contribution in [-0.4, -0.2) is 40.8 Å².